The van der Waals surface area contributed by atoms with Crippen molar-refractivity contribution < 1.29 is 27.8 Å². The first-order valence-electron chi connectivity index (χ1n) is 10.9. The highest BCUT2D eigenvalue weighted by Crippen LogP contribution is 2.36. The van der Waals surface area contributed by atoms with Crippen molar-refractivity contribution in [2.75, 3.05) is 0 Å². The Morgan fingerprint density at radius 1 is 1.11 bits per heavy atom. The number of rotatable bonds is 7. The maximum Gasteiger partial charge on any atom is 0.573 e. The zero-order chi connectivity index (χ0) is 26.2. The Hall–Kier alpha value is -4.06. The third-order valence-corrected chi connectivity index (χ3v) is 5.40. The largest absolute Gasteiger partial charge is 0.573 e. The molecule has 0 fully saturated rings. The third-order valence-electron chi connectivity index (χ3n) is 5.40. The molecular formula is C24H23F3N4O5. The molecule has 0 spiro atoms. The fraction of sp³-hybridized carbons (Fsp3) is 0.292. The molecule has 36 heavy (non-hydrogen) atoms. The van der Waals surface area contributed by atoms with E-state index in [1.165, 1.54) is 30.7 Å². The number of aromatic nitrogens is 4. The summed E-state index contributed by atoms with van der Waals surface area (Å²) in [7, 11) is 1.49. The van der Waals surface area contributed by atoms with Crippen molar-refractivity contribution >= 4 is 11.2 Å². The van der Waals surface area contributed by atoms with Gasteiger partial charge in [0.05, 0.1) is 12.6 Å². The normalized spacial score (nSPS) is 12.6. The van der Waals surface area contributed by atoms with E-state index in [9.17, 15) is 27.9 Å². The zero-order valence-corrected chi connectivity index (χ0v) is 19.6. The molecule has 1 atom stereocenters. The fourth-order valence-corrected chi connectivity index (χ4v) is 3.75. The van der Waals surface area contributed by atoms with Crippen molar-refractivity contribution in [2.45, 2.75) is 39.5 Å². The molecular weight excluding hydrogens is 481 g/mol. The Morgan fingerprint density at radius 3 is 2.44 bits per heavy atom. The van der Waals surface area contributed by atoms with E-state index in [0.29, 0.717) is 0 Å². The number of H-pyrrole nitrogens is 1. The maximum atomic E-state index is 13.2. The van der Waals surface area contributed by atoms with E-state index in [4.69, 9.17) is 4.74 Å². The minimum absolute atomic E-state index is 0.0138. The lowest BCUT2D eigenvalue weighted by Gasteiger charge is -2.15. The van der Waals surface area contributed by atoms with Crippen LogP contribution in [0.3, 0.4) is 0 Å². The van der Waals surface area contributed by atoms with E-state index in [-0.39, 0.29) is 41.5 Å². The molecule has 9 nitrogen and oxygen atoms in total. The van der Waals surface area contributed by atoms with Crippen LogP contribution in [0.15, 0.2) is 52.1 Å². The highest BCUT2D eigenvalue weighted by atomic mass is 19.4. The van der Waals surface area contributed by atoms with Gasteiger partial charge in [0.2, 0.25) is 0 Å². The number of aromatic amines is 1. The lowest BCUT2D eigenvalue weighted by Crippen LogP contribution is -2.33. The van der Waals surface area contributed by atoms with Gasteiger partial charge in [-0.25, -0.2) is 9.78 Å². The Kier molecular flexibility index (Phi) is 6.63. The molecule has 0 bridgehead atoms. The van der Waals surface area contributed by atoms with Crippen LogP contribution in [-0.2, 0) is 20.2 Å². The molecule has 1 unspecified atom stereocenters. The van der Waals surface area contributed by atoms with Gasteiger partial charge in [0.15, 0.2) is 22.7 Å². The van der Waals surface area contributed by atoms with Gasteiger partial charge in [-0.2, -0.15) is 0 Å². The first-order chi connectivity index (χ1) is 16.9. The summed E-state index contributed by atoms with van der Waals surface area (Å²) in [5, 5.41) is 9.75. The Bertz CT molecular complexity index is 1520. The van der Waals surface area contributed by atoms with E-state index in [1.807, 2.05) is 19.1 Å². The molecule has 0 aliphatic rings. The highest BCUT2D eigenvalue weighted by molar-refractivity contribution is 5.77. The van der Waals surface area contributed by atoms with Crippen LogP contribution in [0.1, 0.15) is 18.1 Å². The molecule has 2 N–H and O–H groups in total. The van der Waals surface area contributed by atoms with Gasteiger partial charge in [-0.1, -0.05) is 29.8 Å². The van der Waals surface area contributed by atoms with E-state index in [0.717, 1.165) is 21.8 Å². The lowest BCUT2D eigenvalue weighted by molar-refractivity contribution is -0.275. The topological polar surface area (TPSA) is 111 Å². The predicted molar refractivity (Wildman–Crippen MR) is 125 cm³/mol. The van der Waals surface area contributed by atoms with Crippen molar-refractivity contribution in [1.29, 1.82) is 0 Å². The molecule has 2 heterocycles. The molecule has 0 radical (unpaired) electrons. The van der Waals surface area contributed by atoms with Gasteiger partial charge in [0.25, 0.3) is 5.56 Å². The number of ether oxygens (including phenoxy) is 2. The lowest BCUT2D eigenvalue weighted by atomic mass is 10.1. The van der Waals surface area contributed by atoms with Gasteiger partial charge in [-0.3, -0.25) is 14.3 Å². The van der Waals surface area contributed by atoms with Crippen LogP contribution in [-0.4, -0.2) is 36.7 Å². The van der Waals surface area contributed by atoms with Crippen LogP contribution < -0.4 is 20.7 Å². The number of aliphatic hydroxyl groups is 1. The summed E-state index contributed by atoms with van der Waals surface area (Å²) >= 11 is 0. The third kappa shape index (κ3) is 5.28. The summed E-state index contributed by atoms with van der Waals surface area (Å²) in [6.45, 7) is 3.25. The number of hydrogen-bond donors (Lipinski definition) is 2. The van der Waals surface area contributed by atoms with Gasteiger partial charge in [-0.15, -0.1) is 13.2 Å². The summed E-state index contributed by atoms with van der Waals surface area (Å²) in [6, 6.07) is 11.2. The van der Waals surface area contributed by atoms with E-state index < -0.39 is 29.5 Å². The van der Waals surface area contributed by atoms with Crippen LogP contribution in [0, 0.1) is 6.92 Å². The number of alkyl halides is 3. The van der Waals surface area contributed by atoms with Crippen molar-refractivity contribution in [3.63, 3.8) is 0 Å². The minimum Gasteiger partial charge on any atom is -0.485 e. The molecule has 12 heteroatoms. The van der Waals surface area contributed by atoms with E-state index >= 15 is 0 Å². The quantitative estimate of drug-likeness (QED) is 0.400. The van der Waals surface area contributed by atoms with Crippen LogP contribution >= 0.6 is 0 Å². The summed E-state index contributed by atoms with van der Waals surface area (Å²) < 4.78 is 51.8. The SMILES string of the molecule is Cc1ccc(COc2ccc(-c3nc4c(c(=O)[nH]c(=O)n4CC(C)O)n3C)cc2OC(F)(F)F)cc1. The van der Waals surface area contributed by atoms with Crippen molar-refractivity contribution in [3.8, 4) is 22.9 Å². The number of halogens is 3. The van der Waals surface area contributed by atoms with Gasteiger partial charge in [-0.05, 0) is 37.6 Å². The summed E-state index contributed by atoms with van der Waals surface area (Å²) in [5.41, 5.74) is 0.494. The van der Waals surface area contributed by atoms with Crippen LogP contribution in [0.2, 0.25) is 0 Å². The molecule has 190 valence electrons. The molecule has 2 aromatic carbocycles. The number of aryl methyl sites for hydroxylation is 2. The smallest absolute Gasteiger partial charge is 0.485 e. The first kappa shape index (κ1) is 25.0. The second-order valence-corrected chi connectivity index (χ2v) is 8.37. The van der Waals surface area contributed by atoms with Gasteiger partial charge >= 0.3 is 12.1 Å². The number of aliphatic hydroxyl groups excluding tert-OH is 1. The second kappa shape index (κ2) is 9.53. The molecule has 0 aliphatic heterocycles. The maximum absolute atomic E-state index is 13.2. The van der Waals surface area contributed by atoms with Crippen molar-refractivity contribution in [3.05, 3.63) is 74.4 Å². The fourth-order valence-electron chi connectivity index (χ4n) is 3.75. The molecule has 4 aromatic rings. The Balaban J connectivity index is 1.78. The number of imidazole rings is 1. The molecule has 4 rings (SSSR count). The van der Waals surface area contributed by atoms with Gasteiger partial charge < -0.3 is 19.1 Å². The number of nitrogens with one attached hydrogen (secondary N) is 1. The minimum atomic E-state index is -4.98. The Labute approximate surface area is 202 Å². The number of fused-ring (bicyclic) bond motifs is 1. The first-order valence-corrected chi connectivity index (χ1v) is 10.9. The monoisotopic (exact) mass is 504 g/mol. The summed E-state index contributed by atoms with van der Waals surface area (Å²) in [4.78, 5) is 31.3. The standard InChI is InChI=1S/C24H23F3N4O5/c1-13-4-6-15(7-5-13)12-35-17-9-8-16(10-18(17)36-24(25,26)27)20-28-21-19(30(20)3)22(33)29-23(34)31(21)11-14(2)32/h4-10,14,32H,11-12H2,1-3H3,(H,29,33,34). The predicted octanol–water partition coefficient (Wildman–Crippen LogP) is 3.26. The number of hydrogen-bond acceptors (Lipinski definition) is 6. The number of benzene rings is 2. The van der Waals surface area contributed by atoms with Crippen LogP contribution in [0.25, 0.3) is 22.6 Å². The molecule has 2 aromatic heterocycles. The average molecular weight is 504 g/mol. The van der Waals surface area contributed by atoms with Crippen molar-refractivity contribution in [2.24, 2.45) is 7.05 Å². The van der Waals surface area contributed by atoms with Crippen LogP contribution in [0.4, 0.5) is 13.2 Å². The van der Waals surface area contributed by atoms with Crippen molar-refractivity contribution in [1.82, 2.24) is 19.1 Å². The summed E-state index contributed by atoms with van der Waals surface area (Å²) in [6.07, 6.45) is -5.90. The Morgan fingerprint density at radius 2 is 1.81 bits per heavy atom. The second-order valence-electron chi connectivity index (χ2n) is 8.37. The summed E-state index contributed by atoms with van der Waals surface area (Å²) in [5.74, 6) is -0.619. The highest BCUT2D eigenvalue weighted by Gasteiger charge is 2.33. The molecule has 0 saturated carbocycles. The number of nitrogens with zero attached hydrogens (tertiary/aromatic N) is 3. The van der Waals surface area contributed by atoms with E-state index in [1.54, 1.807) is 12.1 Å². The zero-order valence-electron chi connectivity index (χ0n) is 19.6. The van der Waals surface area contributed by atoms with Gasteiger partial charge in [0, 0.05) is 12.6 Å². The molecule has 0 amide bonds. The van der Waals surface area contributed by atoms with Crippen LogP contribution in [0.5, 0.6) is 11.5 Å². The average Bonchev–Trinajstić information content (AvgIpc) is 3.13. The molecule has 0 saturated heterocycles. The molecule has 0 aliphatic carbocycles. The van der Waals surface area contributed by atoms with E-state index in [2.05, 4.69) is 14.7 Å². The van der Waals surface area contributed by atoms with Gasteiger partial charge in [0.1, 0.15) is 12.4 Å².